The molecule has 0 aromatic carbocycles. The molecule has 0 atom stereocenters. The van der Waals surface area contributed by atoms with Crippen molar-refractivity contribution < 1.29 is 49.0 Å². The molecule has 1 saturated heterocycles. The third kappa shape index (κ3) is 6.65. The molecule has 0 spiro atoms. The summed E-state index contributed by atoms with van der Waals surface area (Å²) in [6, 6.07) is 0. The minimum atomic E-state index is -1.12. The topological polar surface area (TPSA) is 89.5 Å². The first-order valence-electron chi connectivity index (χ1n) is 5.34. The van der Waals surface area contributed by atoms with Gasteiger partial charge >= 0.3 is 29.6 Å². The number of carbonyl (C=O) groups is 3. The van der Waals surface area contributed by atoms with Gasteiger partial charge in [0.1, 0.15) is 0 Å². The van der Waals surface area contributed by atoms with Crippen molar-refractivity contribution in [1.82, 2.24) is 10.2 Å². The first kappa shape index (κ1) is 16.4. The van der Waals surface area contributed by atoms with Gasteiger partial charge in [-0.15, -0.1) is 0 Å². The molecule has 0 saturated carbocycles. The molecule has 1 aliphatic heterocycles. The molecule has 1 N–H and O–H groups in total. The van der Waals surface area contributed by atoms with Gasteiger partial charge in [0, 0.05) is 25.5 Å². The van der Waals surface area contributed by atoms with Gasteiger partial charge in [-0.25, -0.2) is 0 Å². The number of carbonyl (C=O) groups excluding carboxylic acids is 3. The molecule has 0 aliphatic carbocycles. The van der Waals surface area contributed by atoms with Crippen LogP contribution in [0.25, 0.3) is 0 Å². The standard InChI is InChI=1S/C10H16N2O4.Na/c13-8(11-5-1-4-10(15)16)7-12-6-2-3-9(12)14;/h1-7H2,(H,11,13)(H,15,16);/q;+1/p-1. The molecule has 0 aromatic heterocycles. The minimum Gasteiger partial charge on any atom is -0.550 e. The van der Waals surface area contributed by atoms with Crippen LogP contribution in [0.2, 0.25) is 0 Å². The summed E-state index contributed by atoms with van der Waals surface area (Å²) < 4.78 is 0. The van der Waals surface area contributed by atoms with E-state index in [4.69, 9.17) is 0 Å². The number of aliphatic carboxylic acids is 1. The Morgan fingerprint density at radius 3 is 2.65 bits per heavy atom. The average Bonchev–Trinajstić information content (AvgIpc) is 2.59. The third-order valence-corrected chi connectivity index (χ3v) is 2.39. The Bertz CT molecular complexity index is 296. The number of nitrogens with one attached hydrogen (secondary N) is 1. The van der Waals surface area contributed by atoms with Gasteiger partial charge in [0.15, 0.2) is 0 Å². The van der Waals surface area contributed by atoms with Gasteiger partial charge in [-0.1, -0.05) is 0 Å². The second-order valence-electron chi connectivity index (χ2n) is 3.74. The molecule has 1 rings (SSSR count). The van der Waals surface area contributed by atoms with Gasteiger partial charge in [0.05, 0.1) is 6.54 Å². The molecule has 7 heteroatoms. The number of nitrogens with zero attached hydrogens (tertiary/aromatic N) is 1. The van der Waals surface area contributed by atoms with E-state index in [0.717, 1.165) is 6.42 Å². The monoisotopic (exact) mass is 250 g/mol. The summed E-state index contributed by atoms with van der Waals surface area (Å²) in [5, 5.41) is 12.7. The Kier molecular flexibility index (Phi) is 8.20. The quantitative estimate of drug-likeness (QED) is 0.379. The predicted molar refractivity (Wildman–Crippen MR) is 53.1 cm³/mol. The average molecular weight is 250 g/mol. The van der Waals surface area contributed by atoms with Gasteiger partial charge in [-0.05, 0) is 19.3 Å². The fraction of sp³-hybridized carbons (Fsp3) is 0.700. The number of rotatable bonds is 6. The molecular weight excluding hydrogens is 235 g/mol. The summed E-state index contributed by atoms with van der Waals surface area (Å²) in [6.45, 7) is 1.00. The van der Waals surface area contributed by atoms with E-state index in [1.54, 1.807) is 0 Å². The fourth-order valence-electron chi connectivity index (χ4n) is 1.56. The van der Waals surface area contributed by atoms with Gasteiger partial charge in [-0.3, -0.25) is 9.59 Å². The molecule has 2 amide bonds. The van der Waals surface area contributed by atoms with Crippen molar-refractivity contribution in [3.05, 3.63) is 0 Å². The van der Waals surface area contributed by atoms with Gasteiger partial charge < -0.3 is 20.1 Å². The minimum absolute atomic E-state index is 0. The molecule has 1 fully saturated rings. The summed E-state index contributed by atoms with van der Waals surface area (Å²) in [5.74, 6) is -1.36. The van der Waals surface area contributed by atoms with Gasteiger partial charge in [0.25, 0.3) is 0 Å². The van der Waals surface area contributed by atoms with E-state index < -0.39 is 5.97 Å². The van der Waals surface area contributed by atoms with Crippen LogP contribution >= 0.6 is 0 Å². The van der Waals surface area contributed by atoms with Crippen molar-refractivity contribution >= 4 is 17.8 Å². The van der Waals surface area contributed by atoms with Crippen molar-refractivity contribution in [2.24, 2.45) is 0 Å². The molecule has 90 valence electrons. The maximum atomic E-state index is 11.3. The van der Waals surface area contributed by atoms with E-state index in [-0.39, 0.29) is 54.3 Å². The molecular formula is C10H15N2NaO4. The molecule has 0 radical (unpaired) electrons. The van der Waals surface area contributed by atoms with Crippen molar-refractivity contribution in [2.75, 3.05) is 19.6 Å². The number of amides is 2. The van der Waals surface area contributed by atoms with E-state index in [1.165, 1.54) is 4.90 Å². The van der Waals surface area contributed by atoms with Crippen LogP contribution in [-0.2, 0) is 14.4 Å². The van der Waals surface area contributed by atoms with E-state index in [0.29, 0.717) is 25.9 Å². The zero-order valence-electron chi connectivity index (χ0n) is 10.0. The fourth-order valence-corrected chi connectivity index (χ4v) is 1.56. The number of carboxylic acids is 1. The largest absolute Gasteiger partial charge is 1.00 e. The van der Waals surface area contributed by atoms with E-state index in [9.17, 15) is 19.5 Å². The van der Waals surface area contributed by atoms with Crippen LogP contribution in [0.5, 0.6) is 0 Å². The van der Waals surface area contributed by atoms with Gasteiger partial charge in [0.2, 0.25) is 11.8 Å². The second kappa shape index (κ2) is 8.49. The number of hydrogen-bond donors (Lipinski definition) is 1. The molecule has 0 bridgehead atoms. The van der Waals surface area contributed by atoms with E-state index >= 15 is 0 Å². The first-order chi connectivity index (χ1) is 7.59. The molecule has 17 heavy (non-hydrogen) atoms. The number of carboxylic acid groups (broad SMARTS) is 1. The van der Waals surface area contributed by atoms with Crippen molar-refractivity contribution in [3.8, 4) is 0 Å². The molecule has 1 heterocycles. The molecule has 1 aliphatic rings. The third-order valence-electron chi connectivity index (χ3n) is 2.39. The maximum Gasteiger partial charge on any atom is 1.00 e. The first-order valence-corrected chi connectivity index (χ1v) is 5.34. The normalized spacial score (nSPS) is 14.4. The number of hydrogen-bond acceptors (Lipinski definition) is 4. The zero-order chi connectivity index (χ0) is 12.0. The summed E-state index contributed by atoms with van der Waals surface area (Å²) in [5.41, 5.74) is 0. The van der Waals surface area contributed by atoms with E-state index in [2.05, 4.69) is 5.32 Å². The predicted octanol–water partition coefficient (Wildman–Crippen LogP) is -4.74. The summed E-state index contributed by atoms with van der Waals surface area (Å²) in [7, 11) is 0. The second-order valence-corrected chi connectivity index (χ2v) is 3.74. The summed E-state index contributed by atoms with van der Waals surface area (Å²) in [4.78, 5) is 34.1. The van der Waals surface area contributed by atoms with Crippen LogP contribution in [0, 0.1) is 0 Å². The Balaban J connectivity index is 0.00000256. The van der Waals surface area contributed by atoms with Crippen LogP contribution < -0.4 is 40.0 Å². The summed E-state index contributed by atoms with van der Waals surface area (Å²) in [6.07, 6.45) is 1.60. The van der Waals surface area contributed by atoms with Crippen LogP contribution in [0.15, 0.2) is 0 Å². The SMILES string of the molecule is O=C([O-])CCCNC(=O)CN1CCCC1=O.[Na+]. The van der Waals surface area contributed by atoms with Crippen molar-refractivity contribution in [2.45, 2.75) is 25.7 Å². The Morgan fingerprint density at radius 2 is 2.12 bits per heavy atom. The molecule has 6 nitrogen and oxygen atoms in total. The zero-order valence-corrected chi connectivity index (χ0v) is 12.0. The van der Waals surface area contributed by atoms with Crippen LogP contribution in [0.1, 0.15) is 25.7 Å². The number of likely N-dealkylation sites (tertiary alicyclic amines) is 1. The smallest absolute Gasteiger partial charge is 0.550 e. The maximum absolute atomic E-state index is 11.3. The Morgan fingerprint density at radius 1 is 1.41 bits per heavy atom. The van der Waals surface area contributed by atoms with Crippen LogP contribution in [0.4, 0.5) is 0 Å². The Labute approximate surface area is 122 Å². The van der Waals surface area contributed by atoms with Crippen molar-refractivity contribution in [3.63, 3.8) is 0 Å². The van der Waals surface area contributed by atoms with Gasteiger partial charge in [-0.2, -0.15) is 0 Å². The van der Waals surface area contributed by atoms with Crippen LogP contribution in [0.3, 0.4) is 0 Å². The summed E-state index contributed by atoms with van der Waals surface area (Å²) >= 11 is 0. The van der Waals surface area contributed by atoms with Crippen LogP contribution in [-0.4, -0.2) is 42.3 Å². The van der Waals surface area contributed by atoms with E-state index in [1.807, 2.05) is 0 Å². The van der Waals surface area contributed by atoms with Crippen molar-refractivity contribution in [1.29, 1.82) is 0 Å². The Hall–Kier alpha value is -0.590. The molecule has 0 unspecified atom stereocenters. The molecule has 0 aromatic rings.